The van der Waals surface area contributed by atoms with Gasteiger partial charge in [-0.3, -0.25) is 38.4 Å². The van der Waals surface area contributed by atoms with Crippen molar-refractivity contribution in [2.45, 2.75) is 152 Å². The number of rotatable bonds is 26. The second-order valence-electron chi connectivity index (χ2n) is 18.7. The predicted octanol–water partition coefficient (Wildman–Crippen LogP) is -3.14. The van der Waals surface area contributed by atoms with Crippen molar-refractivity contribution in [2.24, 2.45) is 11.7 Å². The fraction of sp³-hybridized carbons (Fsp3) is 0.574. The lowest BCUT2D eigenvalue weighted by Gasteiger charge is -2.31. The molecular formula is C47H69N13O11. The van der Waals surface area contributed by atoms with E-state index >= 15 is 0 Å². The van der Waals surface area contributed by atoms with Crippen molar-refractivity contribution in [1.82, 2.24) is 62.1 Å². The number of carbonyl (C=O) groups excluding carboxylic acids is 8. The molecule has 11 atom stereocenters. The Kier molecular flexibility index (Phi) is 20.6. The number of H-pyrrole nitrogens is 2. The Morgan fingerprint density at radius 3 is 1.87 bits per heavy atom. The Bertz CT molecular complexity index is 2240. The van der Waals surface area contributed by atoms with Crippen LogP contribution in [0.1, 0.15) is 83.2 Å². The smallest absolute Gasteiger partial charge is 0.246 e. The summed E-state index contributed by atoms with van der Waals surface area (Å²) in [6.07, 6.45) is 3.05. The fourth-order valence-corrected chi connectivity index (χ4v) is 8.67. The summed E-state index contributed by atoms with van der Waals surface area (Å²) in [7, 11) is 0. The van der Waals surface area contributed by atoms with E-state index in [1.165, 1.54) is 37.6 Å². The minimum absolute atomic E-state index is 0.0120. The summed E-state index contributed by atoms with van der Waals surface area (Å²) in [6, 6.07) is -0.470. The van der Waals surface area contributed by atoms with E-state index in [0.717, 1.165) is 6.42 Å². The van der Waals surface area contributed by atoms with E-state index in [4.69, 9.17) is 5.73 Å². The number of imidazole rings is 2. The molecule has 2 fully saturated rings. The van der Waals surface area contributed by atoms with Crippen LogP contribution in [-0.4, -0.2) is 167 Å². The van der Waals surface area contributed by atoms with E-state index in [9.17, 15) is 53.7 Å². The summed E-state index contributed by atoms with van der Waals surface area (Å²) >= 11 is 0. The number of hydrogen-bond acceptors (Lipinski definition) is 14. The van der Waals surface area contributed by atoms with Crippen molar-refractivity contribution >= 4 is 47.3 Å². The average Bonchev–Trinajstić information content (AvgIpc) is 4.18. The lowest BCUT2D eigenvalue weighted by atomic mass is 9.96. The molecule has 3 aromatic rings. The van der Waals surface area contributed by atoms with Crippen molar-refractivity contribution in [3.05, 3.63) is 72.3 Å². The number of hydrogen-bond donors (Lipinski definition) is 13. The molecule has 8 amide bonds. The van der Waals surface area contributed by atoms with Crippen molar-refractivity contribution in [3.63, 3.8) is 0 Å². The van der Waals surface area contributed by atoms with Crippen LogP contribution in [0.4, 0.5) is 0 Å². The van der Waals surface area contributed by atoms with Crippen LogP contribution in [0.2, 0.25) is 0 Å². The standard InChI is InChI=1S/C47H69N13O11/c1-25(2)16-32(37(63)20-38(64)58-40(27(4)62)46(70)59-39(26(3)61)41(48)65)54-44(68)34(18-29-21-49-23-52-29)55-43(67)33(17-28-10-6-5-7-11-28)56-45(69)36-13-9-15-60(36)47(71)35(19-30-22-50-24-53-30)57-42(66)31-12-8-14-51-31/h5-7,10-11,21-27,31-37,39-40,51,61-63H,8-9,12-20H2,1-4H3,(H2,48,65)(H,49,52)(H,50,53)(H,54,68)(H,55,67)(H,56,69)(H,57,66)(H,58,64)(H,59,70)/t26-,27-,31+,32-,33-,34-,35-,36+,37-,39-,40-/m0/s1. The molecule has 2 aliphatic heterocycles. The van der Waals surface area contributed by atoms with E-state index in [1.54, 1.807) is 36.5 Å². The quantitative estimate of drug-likeness (QED) is 0.0378. The maximum Gasteiger partial charge on any atom is 0.246 e. The van der Waals surface area contributed by atoms with Crippen molar-refractivity contribution in [1.29, 1.82) is 0 Å². The Hall–Kier alpha value is -6.76. The SMILES string of the molecule is CC(C)C[C@H](NC(=O)[C@H](Cc1cnc[nH]1)NC(=O)[C@H](Cc1ccccc1)NC(=O)[C@H]1CCCN1C(=O)[C@H](Cc1cnc[nH]1)NC(=O)[C@H]1CCCN1)[C@@H](O)CC(=O)N[C@H](C(=O)N[C@H](C(N)=O)[C@H](C)O)[C@H](C)O. The molecular weight excluding hydrogens is 923 g/mol. The summed E-state index contributed by atoms with van der Waals surface area (Å²) < 4.78 is 0. The van der Waals surface area contributed by atoms with Gasteiger partial charge in [-0.25, -0.2) is 9.97 Å². The topological polar surface area (TPSA) is 368 Å². The number of primary amides is 1. The second-order valence-corrected chi connectivity index (χ2v) is 18.7. The minimum atomic E-state index is -1.62. The van der Waals surface area contributed by atoms with E-state index in [-0.39, 0.29) is 50.5 Å². The Morgan fingerprint density at radius 2 is 1.31 bits per heavy atom. The molecule has 0 spiro atoms. The first-order valence-electron chi connectivity index (χ1n) is 24.0. The van der Waals surface area contributed by atoms with Crippen LogP contribution in [0.25, 0.3) is 0 Å². The number of aromatic amines is 2. The molecule has 71 heavy (non-hydrogen) atoms. The maximum absolute atomic E-state index is 14.5. The van der Waals surface area contributed by atoms with E-state index in [1.807, 2.05) is 13.8 Å². The Labute approximate surface area is 411 Å². The van der Waals surface area contributed by atoms with Crippen LogP contribution in [0.3, 0.4) is 0 Å². The van der Waals surface area contributed by atoms with Crippen LogP contribution in [0, 0.1) is 5.92 Å². The molecule has 2 aromatic heterocycles. The molecule has 2 aliphatic rings. The lowest BCUT2D eigenvalue weighted by molar-refractivity contribution is -0.142. The highest BCUT2D eigenvalue weighted by Crippen LogP contribution is 2.21. The molecule has 0 saturated carbocycles. The number of benzene rings is 1. The van der Waals surface area contributed by atoms with Crippen molar-refractivity contribution in [2.75, 3.05) is 13.1 Å². The molecule has 24 nitrogen and oxygen atoms in total. The zero-order valence-electron chi connectivity index (χ0n) is 40.4. The maximum atomic E-state index is 14.5. The van der Waals surface area contributed by atoms with Gasteiger partial charge >= 0.3 is 0 Å². The summed E-state index contributed by atoms with van der Waals surface area (Å²) in [5.74, 6) is -6.05. The molecule has 24 heteroatoms. The molecule has 0 unspecified atom stereocenters. The number of amides is 8. The number of carbonyl (C=O) groups is 8. The first kappa shape index (κ1) is 55.2. The first-order valence-corrected chi connectivity index (χ1v) is 24.0. The van der Waals surface area contributed by atoms with Crippen LogP contribution in [-0.2, 0) is 57.6 Å². The van der Waals surface area contributed by atoms with Gasteiger partial charge in [0.2, 0.25) is 47.3 Å². The Balaban J connectivity index is 1.33. The number of nitrogens with zero attached hydrogens (tertiary/aromatic N) is 3. The molecule has 4 heterocycles. The molecule has 1 aromatic carbocycles. The number of aromatic nitrogens is 4. The Morgan fingerprint density at radius 1 is 0.704 bits per heavy atom. The van der Waals surface area contributed by atoms with Crippen molar-refractivity contribution < 1.29 is 53.7 Å². The van der Waals surface area contributed by atoms with Gasteiger partial charge in [0.1, 0.15) is 36.3 Å². The molecule has 388 valence electrons. The van der Waals surface area contributed by atoms with Crippen LogP contribution in [0.5, 0.6) is 0 Å². The van der Waals surface area contributed by atoms with Gasteiger partial charge in [0.05, 0.1) is 49.5 Å². The lowest BCUT2D eigenvalue weighted by Crippen LogP contribution is -2.60. The third kappa shape index (κ3) is 16.4. The highest BCUT2D eigenvalue weighted by Gasteiger charge is 2.41. The monoisotopic (exact) mass is 992 g/mol. The zero-order valence-corrected chi connectivity index (χ0v) is 40.4. The second kappa shape index (κ2) is 26.4. The predicted molar refractivity (Wildman–Crippen MR) is 255 cm³/mol. The molecule has 5 rings (SSSR count). The molecule has 0 bridgehead atoms. The summed E-state index contributed by atoms with van der Waals surface area (Å²) in [5.41, 5.74) is 7.01. The highest BCUT2D eigenvalue weighted by molar-refractivity contribution is 5.97. The van der Waals surface area contributed by atoms with Gasteiger partial charge in [0.15, 0.2) is 0 Å². The van der Waals surface area contributed by atoms with Crippen molar-refractivity contribution in [3.8, 4) is 0 Å². The molecule has 0 radical (unpaired) electrons. The van der Waals surface area contributed by atoms with Gasteiger partial charge in [0, 0.05) is 49.6 Å². The minimum Gasteiger partial charge on any atom is -0.391 e. The van der Waals surface area contributed by atoms with Gasteiger partial charge < -0.3 is 73.1 Å². The van der Waals surface area contributed by atoms with Gasteiger partial charge in [0.25, 0.3) is 0 Å². The molecule has 0 aliphatic carbocycles. The zero-order chi connectivity index (χ0) is 51.8. The van der Waals surface area contributed by atoms with Gasteiger partial charge in [-0.05, 0) is 64.0 Å². The van der Waals surface area contributed by atoms with E-state index in [2.05, 4.69) is 57.2 Å². The largest absolute Gasteiger partial charge is 0.391 e. The summed E-state index contributed by atoms with van der Waals surface area (Å²) in [4.78, 5) is 124. The fourth-order valence-electron chi connectivity index (χ4n) is 8.67. The normalized spacial score (nSPS) is 19.5. The van der Waals surface area contributed by atoms with Gasteiger partial charge in [-0.15, -0.1) is 0 Å². The highest BCUT2D eigenvalue weighted by atomic mass is 16.3. The third-order valence-electron chi connectivity index (χ3n) is 12.4. The van der Waals surface area contributed by atoms with Gasteiger partial charge in [-0.2, -0.15) is 0 Å². The van der Waals surface area contributed by atoms with Gasteiger partial charge in [-0.1, -0.05) is 44.2 Å². The van der Waals surface area contributed by atoms with E-state index < -0.39 is 114 Å². The first-order chi connectivity index (χ1) is 33.8. The molecule has 2 saturated heterocycles. The number of nitrogens with one attached hydrogen (secondary N) is 9. The summed E-state index contributed by atoms with van der Waals surface area (Å²) in [6.45, 7) is 6.96. The number of nitrogens with two attached hydrogens (primary N) is 1. The number of aliphatic hydroxyl groups excluding tert-OH is 3. The van der Waals surface area contributed by atoms with E-state index in [0.29, 0.717) is 36.3 Å². The average molecular weight is 992 g/mol. The molecule has 14 N–H and O–H groups in total. The number of aliphatic hydroxyl groups is 3. The van der Waals surface area contributed by atoms with Crippen LogP contribution < -0.4 is 43.0 Å². The third-order valence-corrected chi connectivity index (χ3v) is 12.4. The number of likely N-dealkylation sites (tertiary alicyclic amines) is 1. The summed E-state index contributed by atoms with van der Waals surface area (Å²) in [5, 5.41) is 50.6. The van der Waals surface area contributed by atoms with Crippen LogP contribution in [0.15, 0.2) is 55.4 Å². The van der Waals surface area contributed by atoms with Crippen LogP contribution >= 0.6 is 0 Å².